The van der Waals surface area contributed by atoms with Gasteiger partial charge >= 0.3 is 18.2 Å². The Kier molecular flexibility index (Phi) is 8.29. The molecule has 3 amide bonds. The van der Waals surface area contributed by atoms with Gasteiger partial charge in [-0.25, -0.2) is 9.59 Å². The van der Waals surface area contributed by atoms with Crippen LogP contribution in [0.15, 0.2) is 0 Å². The molecule has 116 valence electrons. The summed E-state index contributed by atoms with van der Waals surface area (Å²) in [6.07, 6.45) is -5.16. The quantitative estimate of drug-likeness (QED) is 0.571. The number of aliphatic carboxylic acids is 1. The molecule has 0 spiro atoms. The highest BCUT2D eigenvalue weighted by Gasteiger charge is 2.25. The molecule has 0 radical (unpaired) electrons. The van der Waals surface area contributed by atoms with Gasteiger partial charge < -0.3 is 15.2 Å². The van der Waals surface area contributed by atoms with Crippen LogP contribution in [0.3, 0.4) is 0 Å². The summed E-state index contributed by atoms with van der Waals surface area (Å²) in [5, 5.41) is 12.2. The molecule has 0 aromatic rings. The van der Waals surface area contributed by atoms with E-state index < -0.39 is 43.7 Å². The third-order valence-corrected chi connectivity index (χ3v) is 1.88. The Hall–Kier alpha value is -1.84. The molecular formula is C10H15F3N2O5. The normalized spacial score (nSPS) is 10.9. The van der Waals surface area contributed by atoms with Gasteiger partial charge in [-0.15, -0.1) is 0 Å². The molecular weight excluding hydrogens is 285 g/mol. The number of ether oxygens (including phenoxy) is 1. The third kappa shape index (κ3) is 12.6. The van der Waals surface area contributed by atoms with Crippen LogP contribution in [0.4, 0.5) is 18.0 Å². The van der Waals surface area contributed by atoms with Crippen molar-refractivity contribution in [2.45, 2.75) is 25.4 Å². The minimum Gasteiger partial charge on any atom is -0.480 e. The predicted octanol–water partition coefficient (Wildman–Crippen LogP) is 0.646. The van der Waals surface area contributed by atoms with E-state index in [9.17, 15) is 27.6 Å². The van der Waals surface area contributed by atoms with Gasteiger partial charge in [0.15, 0.2) is 0 Å². The van der Waals surface area contributed by atoms with Crippen LogP contribution in [0.1, 0.15) is 19.3 Å². The molecule has 20 heavy (non-hydrogen) atoms. The van der Waals surface area contributed by atoms with Crippen molar-refractivity contribution in [2.24, 2.45) is 0 Å². The smallest absolute Gasteiger partial charge is 0.389 e. The van der Waals surface area contributed by atoms with Crippen molar-refractivity contribution in [1.82, 2.24) is 10.6 Å². The number of hydrogen-bond donors (Lipinski definition) is 3. The molecule has 0 aliphatic heterocycles. The number of amides is 3. The van der Waals surface area contributed by atoms with Crippen LogP contribution in [0.5, 0.6) is 0 Å². The largest absolute Gasteiger partial charge is 0.480 e. The number of carbonyl (C=O) groups excluding carboxylic acids is 2. The number of carboxylic acid groups (broad SMARTS) is 1. The van der Waals surface area contributed by atoms with E-state index in [1.54, 1.807) is 0 Å². The highest BCUT2D eigenvalue weighted by Crippen LogP contribution is 2.21. The molecule has 0 saturated heterocycles. The monoisotopic (exact) mass is 300 g/mol. The highest BCUT2D eigenvalue weighted by molar-refractivity contribution is 5.94. The van der Waals surface area contributed by atoms with Crippen LogP contribution in [-0.4, -0.2) is 48.9 Å². The molecule has 0 aliphatic carbocycles. The summed E-state index contributed by atoms with van der Waals surface area (Å²) in [6, 6.07) is -0.874. The van der Waals surface area contributed by atoms with E-state index in [0.29, 0.717) is 0 Å². The van der Waals surface area contributed by atoms with Gasteiger partial charge in [-0.2, -0.15) is 13.2 Å². The molecule has 0 aromatic carbocycles. The number of alkyl halides is 3. The van der Waals surface area contributed by atoms with Crippen molar-refractivity contribution in [3.63, 3.8) is 0 Å². The second-order valence-electron chi connectivity index (χ2n) is 3.76. The second-order valence-corrected chi connectivity index (χ2v) is 3.76. The van der Waals surface area contributed by atoms with Crippen molar-refractivity contribution in [3.8, 4) is 0 Å². The number of rotatable bonds is 8. The number of carbonyl (C=O) groups is 3. The summed E-state index contributed by atoms with van der Waals surface area (Å²) < 4.78 is 39.8. The van der Waals surface area contributed by atoms with E-state index in [2.05, 4.69) is 10.1 Å². The summed E-state index contributed by atoms with van der Waals surface area (Å²) in [5.41, 5.74) is 0. The van der Waals surface area contributed by atoms with Crippen molar-refractivity contribution in [1.29, 1.82) is 0 Å². The maximum absolute atomic E-state index is 11.8. The first kappa shape index (κ1) is 18.2. The molecule has 0 aromatic heterocycles. The predicted molar refractivity (Wildman–Crippen MR) is 59.9 cm³/mol. The first-order valence-electron chi connectivity index (χ1n) is 5.64. The lowest BCUT2D eigenvalue weighted by Crippen LogP contribution is -2.41. The van der Waals surface area contributed by atoms with E-state index in [1.165, 1.54) is 0 Å². The molecule has 0 bridgehead atoms. The number of unbranched alkanes of at least 4 members (excludes halogenated alkanes) is 1. The van der Waals surface area contributed by atoms with Crippen molar-refractivity contribution in [2.75, 3.05) is 19.8 Å². The van der Waals surface area contributed by atoms with Crippen molar-refractivity contribution in [3.05, 3.63) is 0 Å². The molecule has 3 N–H and O–H groups in total. The molecule has 0 fully saturated rings. The summed E-state index contributed by atoms with van der Waals surface area (Å²) >= 11 is 0. The average molecular weight is 300 g/mol. The number of urea groups is 1. The molecule has 7 nitrogen and oxygen atoms in total. The summed E-state index contributed by atoms with van der Waals surface area (Å²) in [5.74, 6) is -2.11. The van der Waals surface area contributed by atoms with Gasteiger partial charge in [-0.05, 0) is 12.8 Å². The minimum atomic E-state index is -4.22. The zero-order valence-electron chi connectivity index (χ0n) is 10.5. The van der Waals surface area contributed by atoms with E-state index in [1.807, 2.05) is 5.32 Å². The van der Waals surface area contributed by atoms with E-state index >= 15 is 0 Å². The standard InChI is InChI=1S/C10H15F3N2O5/c11-10(12,13)3-1-2-4-14-9(19)15-7(16)5-20-6-8(17)18/h1-6H2,(H,17,18)(H2,14,15,16,19). The number of halogens is 3. The van der Waals surface area contributed by atoms with Crippen LogP contribution in [0.25, 0.3) is 0 Å². The lowest BCUT2D eigenvalue weighted by atomic mass is 10.2. The topological polar surface area (TPSA) is 105 Å². The Morgan fingerprint density at radius 2 is 1.75 bits per heavy atom. The molecule has 0 atom stereocenters. The average Bonchev–Trinajstić information content (AvgIpc) is 2.26. The first-order valence-corrected chi connectivity index (χ1v) is 5.64. The fourth-order valence-corrected chi connectivity index (χ4v) is 1.09. The van der Waals surface area contributed by atoms with Gasteiger partial charge in [0.2, 0.25) is 0 Å². The van der Waals surface area contributed by atoms with Crippen molar-refractivity contribution >= 4 is 17.9 Å². The lowest BCUT2D eigenvalue weighted by molar-refractivity contribution is -0.143. The number of hydrogen-bond acceptors (Lipinski definition) is 4. The van der Waals surface area contributed by atoms with Gasteiger partial charge in [-0.1, -0.05) is 0 Å². The molecule has 0 rings (SSSR count). The maximum Gasteiger partial charge on any atom is 0.389 e. The van der Waals surface area contributed by atoms with Gasteiger partial charge in [0, 0.05) is 13.0 Å². The number of nitrogens with one attached hydrogen (secondary N) is 2. The Morgan fingerprint density at radius 1 is 1.10 bits per heavy atom. The van der Waals surface area contributed by atoms with Crippen LogP contribution < -0.4 is 10.6 Å². The van der Waals surface area contributed by atoms with Gasteiger partial charge in [0.25, 0.3) is 5.91 Å². The Bertz CT molecular complexity index is 346. The zero-order chi connectivity index (χ0) is 15.6. The fraction of sp³-hybridized carbons (Fsp3) is 0.700. The minimum absolute atomic E-state index is 0.00875. The molecule has 0 unspecified atom stereocenters. The van der Waals surface area contributed by atoms with Gasteiger partial charge in [0.05, 0.1) is 0 Å². The third-order valence-electron chi connectivity index (χ3n) is 1.88. The van der Waals surface area contributed by atoms with Crippen molar-refractivity contribution < 1.29 is 37.4 Å². The summed E-state index contributed by atoms with van der Waals surface area (Å²) in [6.45, 7) is -1.29. The van der Waals surface area contributed by atoms with Gasteiger partial charge in [0.1, 0.15) is 13.2 Å². The SMILES string of the molecule is O=C(O)COCC(=O)NC(=O)NCCCCC(F)(F)F. The maximum atomic E-state index is 11.8. The van der Waals surface area contributed by atoms with Crippen LogP contribution in [0.2, 0.25) is 0 Å². The molecule has 10 heteroatoms. The fourth-order valence-electron chi connectivity index (χ4n) is 1.09. The number of imide groups is 1. The molecule has 0 saturated carbocycles. The first-order chi connectivity index (χ1) is 9.20. The summed E-state index contributed by atoms with van der Waals surface area (Å²) in [7, 11) is 0. The Morgan fingerprint density at radius 3 is 2.30 bits per heavy atom. The molecule has 0 aliphatic rings. The number of carboxylic acids is 1. The summed E-state index contributed by atoms with van der Waals surface area (Å²) in [4.78, 5) is 32.2. The lowest BCUT2D eigenvalue weighted by Gasteiger charge is -2.08. The second kappa shape index (κ2) is 9.13. The van der Waals surface area contributed by atoms with Crippen LogP contribution in [-0.2, 0) is 14.3 Å². The van der Waals surface area contributed by atoms with Crippen LogP contribution >= 0.6 is 0 Å². The zero-order valence-corrected chi connectivity index (χ0v) is 10.5. The Balaban J connectivity index is 3.58. The van der Waals surface area contributed by atoms with E-state index in [4.69, 9.17) is 5.11 Å². The van der Waals surface area contributed by atoms with E-state index in [0.717, 1.165) is 0 Å². The highest BCUT2D eigenvalue weighted by atomic mass is 19.4. The Labute approximate surface area is 112 Å². The van der Waals surface area contributed by atoms with Gasteiger partial charge in [-0.3, -0.25) is 10.1 Å². The molecule has 0 heterocycles. The van der Waals surface area contributed by atoms with Crippen LogP contribution in [0, 0.1) is 0 Å². The van der Waals surface area contributed by atoms with E-state index in [-0.39, 0.29) is 19.4 Å².